The molecule has 0 aliphatic carbocycles. The molecule has 1 amide bonds. The van der Waals surface area contributed by atoms with Crippen molar-refractivity contribution >= 4 is 18.7 Å². The van der Waals surface area contributed by atoms with E-state index in [9.17, 15) is 4.79 Å². The number of rotatable bonds is 4. The van der Waals surface area contributed by atoms with Crippen molar-refractivity contribution in [1.29, 1.82) is 0 Å². The van der Waals surface area contributed by atoms with Gasteiger partial charge < -0.3 is 23.7 Å². The summed E-state index contributed by atoms with van der Waals surface area (Å²) in [6, 6.07) is 14.2. The highest BCUT2D eigenvalue weighted by Gasteiger charge is 2.52. The molecule has 0 aromatic heterocycles. The SMILES string of the molecule is CC(C)(C)OC(=O)N1CCc2cc(B3OC(C)(C)C(C)(C)O3)cc(OCc3ccccc3)c2C1. The van der Waals surface area contributed by atoms with E-state index in [1.54, 1.807) is 4.90 Å². The Bertz CT molecular complexity index is 1030. The molecule has 6 nitrogen and oxygen atoms in total. The van der Waals surface area contributed by atoms with Gasteiger partial charge in [-0.2, -0.15) is 0 Å². The second-order valence-corrected chi connectivity index (χ2v) is 11.2. The number of carbonyl (C=O) groups is 1. The zero-order valence-electron chi connectivity index (χ0n) is 21.4. The van der Waals surface area contributed by atoms with Crippen molar-refractivity contribution in [3.05, 3.63) is 59.2 Å². The van der Waals surface area contributed by atoms with E-state index in [1.807, 2.05) is 57.2 Å². The van der Waals surface area contributed by atoms with Gasteiger partial charge in [0.1, 0.15) is 18.0 Å². The van der Waals surface area contributed by atoms with Crippen LogP contribution in [-0.2, 0) is 33.6 Å². The lowest BCUT2D eigenvalue weighted by molar-refractivity contribution is 0.00578. The van der Waals surface area contributed by atoms with Crippen LogP contribution in [0.15, 0.2) is 42.5 Å². The van der Waals surface area contributed by atoms with Gasteiger partial charge in [-0.05, 0) is 77.5 Å². The van der Waals surface area contributed by atoms with Gasteiger partial charge in [-0.3, -0.25) is 0 Å². The maximum Gasteiger partial charge on any atom is 0.494 e. The van der Waals surface area contributed by atoms with Crippen molar-refractivity contribution in [2.45, 2.75) is 84.8 Å². The number of amides is 1. The van der Waals surface area contributed by atoms with Crippen LogP contribution in [0, 0.1) is 0 Å². The van der Waals surface area contributed by atoms with Crippen LogP contribution in [0.25, 0.3) is 0 Å². The summed E-state index contributed by atoms with van der Waals surface area (Å²) in [5.41, 5.74) is 2.79. The van der Waals surface area contributed by atoms with Gasteiger partial charge in [0.05, 0.1) is 17.7 Å². The molecule has 2 heterocycles. The molecule has 0 atom stereocenters. The number of carbonyl (C=O) groups excluding carboxylic acids is 1. The van der Waals surface area contributed by atoms with E-state index in [-0.39, 0.29) is 6.09 Å². The molecule has 2 aliphatic rings. The third-order valence-corrected chi connectivity index (χ3v) is 6.74. The normalized spacial score (nSPS) is 19.0. The van der Waals surface area contributed by atoms with Crippen molar-refractivity contribution in [3.63, 3.8) is 0 Å². The molecule has 182 valence electrons. The molecule has 2 aliphatic heterocycles. The van der Waals surface area contributed by atoms with Crippen molar-refractivity contribution in [3.8, 4) is 5.75 Å². The topological polar surface area (TPSA) is 57.2 Å². The number of hydrogen-bond acceptors (Lipinski definition) is 5. The van der Waals surface area contributed by atoms with Crippen LogP contribution < -0.4 is 10.2 Å². The first-order valence-corrected chi connectivity index (χ1v) is 12.0. The minimum Gasteiger partial charge on any atom is -0.489 e. The number of benzene rings is 2. The average molecular weight is 465 g/mol. The van der Waals surface area contributed by atoms with Crippen LogP contribution >= 0.6 is 0 Å². The minimum absolute atomic E-state index is 0.304. The van der Waals surface area contributed by atoms with Crippen LogP contribution in [0.5, 0.6) is 5.75 Å². The molecule has 2 aromatic rings. The molecule has 1 fully saturated rings. The summed E-state index contributed by atoms with van der Waals surface area (Å²) < 4.78 is 24.6. The van der Waals surface area contributed by atoms with Crippen molar-refractivity contribution in [2.24, 2.45) is 0 Å². The Morgan fingerprint density at radius 2 is 1.71 bits per heavy atom. The Morgan fingerprint density at radius 1 is 1.06 bits per heavy atom. The fraction of sp³-hybridized carbons (Fsp3) is 0.519. The molecule has 7 heteroatoms. The maximum absolute atomic E-state index is 12.8. The lowest BCUT2D eigenvalue weighted by atomic mass is 9.76. The Morgan fingerprint density at radius 3 is 2.32 bits per heavy atom. The predicted molar refractivity (Wildman–Crippen MR) is 133 cm³/mol. The third kappa shape index (κ3) is 5.26. The number of nitrogens with zero attached hydrogens (tertiary/aromatic N) is 1. The van der Waals surface area contributed by atoms with Gasteiger partial charge in [0, 0.05) is 12.1 Å². The zero-order valence-corrected chi connectivity index (χ0v) is 21.4. The predicted octanol–water partition coefficient (Wildman–Crippen LogP) is 4.86. The Labute approximate surface area is 203 Å². The Balaban J connectivity index is 1.64. The molecule has 0 radical (unpaired) electrons. The first-order chi connectivity index (χ1) is 15.8. The minimum atomic E-state index is -0.537. The van der Waals surface area contributed by atoms with E-state index >= 15 is 0 Å². The fourth-order valence-corrected chi connectivity index (χ4v) is 4.12. The summed E-state index contributed by atoms with van der Waals surface area (Å²) in [5.74, 6) is 0.749. The average Bonchev–Trinajstić information content (AvgIpc) is 2.98. The van der Waals surface area contributed by atoms with Crippen molar-refractivity contribution < 1.29 is 23.6 Å². The van der Waals surface area contributed by atoms with Gasteiger partial charge in [-0.1, -0.05) is 36.4 Å². The molecule has 4 rings (SSSR count). The fourth-order valence-electron chi connectivity index (χ4n) is 4.12. The molecule has 0 saturated carbocycles. The summed E-state index contributed by atoms with van der Waals surface area (Å²) in [7, 11) is -0.474. The number of ether oxygens (including phenoxy) is 2. The van der Waals surface area contributed by atoms with Crippen molar-refractivity contribution in [2.75, 3.05) is 6.54 Å². The second kappa shape index (κ2) is 8.93. The zero-order chi connectivity index (χ0) is 24.7. The largest absolute Gasteiger partial charge is 0.494 e. The van der Waals surface area contributed by atoms with Crippen LogP contribution in [0.2, 0.25) is 0 Å². The summed E-state index contributed by atoms with van der Waals surface area (Å²) in [6.07, 6.45) is 0.408. The van der Waals surface area contributed by atoms with Gasteiger partial charge in [-0.15, -0.1) is 0 Å². The van der Waals surface area contributed by atoms with Crippen LogP contribution in [0.3, 0.4) is 0 Å². The van der Waals surface area contributed by atoms with E-state index in [4.69, 9.17) is 18.8 Å². The van der Waals surface area contributed by atoms with E-state index in [2.05, 4.69) is 33.8 Å². The monoisotopic (exact) mass is 465 g/mol. The maximum atomic E-state index is 12.8. The second-order valence-electron chi connectivity index (χ2n) is 11.2. The van der Waals surface area contributed by atoms with Gasteiger partial charge in [0.15, 0.2) is 0 Å². The molecule has 0 unspecified atom stereocenters. The number of hydrogen-bond donors (Lipinski definition) is 0. The van der Waals surface area contributed by atoms with E-state index in [1.165, 1.54) is 0 Å². The molecular weight excluding hydrogens is 429 g/mol. The Kier molecular flexibility index (Phi) is 6.47. The summed E-state index contributed by atoms with van der Waals surface area (Å²) in [4.78, 5) is 14.5. The first kappa shape index (κ1) is 24.6. The van der Waals surface area contributed by atoms with Gasteiger partial charge >= 0.3 is 13.2 Å². The molecule has 1 saturated heterocycles. The smallest absolute Gasteiger partial charge is 0.489 e. The summed E-state index contributed by atoms with van der Waals surface area (Å²) >= 11 is 0. The standard InChI is InChI=1S/C27H36BNO5/c1-25(2,3)32-24(30)29-14-13-20-15-21(28-33-26(4,5)27(6,7)34-28)16-23(22(20)17-29)31-18-19-11-9-8-10-12-19/h8-12,15-16H,13-14,17-18H2,1-7H3. The number of fused-ring (bicyclic) bond motifs is 1. The molecule has 0 N–H and O–H groups in total. The Hall–Kier alpha value is -2.51. The highest BCUT2D eigenvalue weighted by atomic mass is 16.7. The van der Waals surface area contributed by atoms with Crippen LogP contribution in [0.1, 0.15) is 65.2 Å². The van der Waals surface area contributed by atoms with Crippen LogP contribution in [-0.4, -0.2) is 41.5 Å². The summed E-state index contributed by atoms with van der Waals surface area (Å²) in [6.45, 7) is 15.3. The lowest BCUT2D eigenvalue weighted by Crippen LogP contribution is -2.41. The summed E-state index contributed by atoms with van der Waals surface area (Å²) in [5, 5.41) is 0. The molecule has 34 heavy (non-hydrogen) atoms. The van der Waals surface area contributed by atoms with Crippen molar-refractivity contribution in [1.82, 2.24) is 4.90 Å². The molecular formula is C27H36BNO5. The van der Waals surface area contributed by atoms with E-state index < -0.39 is 23.9 Å². The third-order valence-electron chi connectivity index (χ3n) is 6.74. The highest BCUT2D eigenvalue weighted by Crippen LogP contribution is 2.37. The van der Waals surface area contributed by atoms with Gasteiger partial charge in [0.2, 0.25) is 0 Å². The quantitative estimate of drug-likeness (QED) is 0.604. The van der Waals surface area contributed by atoms with E-state index in [0.717, 1.165) is 27.9 Å². The lowest BCUT2D eigenvalue weighted by Gasteiger charge is -2.32. The molecule has 0 bridgehead atoms. The van der Waals surface area contributed by atoms with Gasteiger partial charge in [-0.25, -0.2) is 4.79 Å². The van der Waals surface area contributed by atoms with E-state index in [0.29, 0.717) is 26.1 Å². The molecule has 2 aromatic carbocycles. The van der Waals surface area contributed by atoms with Gasteiger partial charge in [0.25, 0.3) is 0 Å². The first-order valence-electron chi connectivity index (χ1n) is 12.0. The molecule has 0 spiro atoms. The highest BCUT2D eigenvalue weighted by molar-refractivity contribution is 6.62. The van der Waals surface area contributed by atoms with Crippen LogP contribution in [0.4, 0.5) is 4.79 Å².